The van der Waals surface area contributed by atoms with Crippen molar-refractivity contribution in [2.24, 2.45) is 11.5 Å². The highest BCUT2D eigenvalue weighted by Gasteiger charge is 2.36. The van der Waals surface area contributed by atoms with Gasteiger partial charge in [0.25, 0.3) is 0 Å². The summed E-state index contributed by atoms with van der Waals surface area (Å²) in [7, 11) is 0. The van der Waals surface area contributed by atoms with Gasteiger partial charge in [-0.1, -0.05) is 109 Å². The molecule has 8 atom stereocenters. The van der Waals surface area contributed by atoms with Gasteiger partial charge in [-0.2, -0.15) is 0 Å². The maximum Gasteiger partial charge on any atom is 0.245 e. The van der Waals surface area contributed by atoms with E-state index >= 15 is 0 Å². The number of hydrogen-bond acceptors (Lipinski definition) is 12. The van der Waals surface area contributed by atoms with Crippen molar-refractivity contribution in [2.45, 2.75) is 132 Å². The summed E-state index contributed by atoms with van der Waals surface area (Å²) in [5, 5.41) is 36.1. The van der Waals surface area contributed by atoms with Crippen molar-refractivity contribution < 1.29 is 53.1 Å². The van der Waals surface area contributed by atoms with Gasteiger partial charge in [0.05, 0.1) is 12.5 Å². The summed E-state index contributed by atoms with van der Waals surface area (Å²) in [4.78, 5) is 143. The Bertz CT molecular complexity index is 3000. The Labute approximate surface area is 481 Å². The number of aliphatic hydroxyl groups excluding tert-OH is 1. The Morgan fingerprint density at radius 1 is 0.506 bits per heavy atom. The minimum atomic E-state index is -1.64. The predicted octanol–water partition coefficient (Wildman–Crippen LogP) is 0.0237. The van der Waals surface area contributed by atoms with Gasteiger partial charge >= 0.3 is 0 Å². The topological polar surface area (TPSA) is 367 Å². The summed E-state index contributed by atoms with van der Waals surface area (Å²) in [6.45, 7) is 1.59. The molecule has 4 aromatic carbocycles. The van der Waals surface area contributed by atoms with E-state index < -0.39 is 108 Å². The molecule has 5 aromatic rings. The van der Waals surface area contributed by atoms with Crippen LogP contribution in [0.2, 0.25) is 0 Å². The zero-order chi connectivity index (χ0) is 59.7. The van der Waals surface area contributed by atoms with Gasteiger partial charge in [-0.05, 0) is 73.9 Å². The molecule has 0 bridgehead atoms. The van der Waals surface area contributed by atoms with Crippen molar-refractivity contribution in [1.82, 2.24) is 52.8 Å². The highest BCUT2D eigenvalue weighted by Crippen LogP contribution is 2.20. The fourth-order valence-electron chi connectivity index (χ4n) is 9.50. The number of rotatable bonds is 15. The normalized spacial score (nSPS) is 22.3. The van der Waals surface area contributed by atoms with Crippen LogP contribution >= 0.6 is 0 Å². The second-order valence-electron chi connectivity index (χ2n) is 20.6. The van der Waals surface area contributed by atoms with Crippen LogP contribution in [0, 0.1) is 0 Å². The third-order valence-electron chi connectivity index (χ3n) is 14.0. The molecule has 23 nitrogen and oxygen atoms in total. The van der Waals surface area contributed by atoms with Crippen molar-refractivity contribution >= 4 is 70.0 Å². The molecule has 6 rings (SSSR count). The number of aromatic nitrogens is 1. The van der Waals surface area contributed by atoms with Gasteiger partial charge in [-0.3, -0.25) is 47.9 Å². The number of amides is 10. The van der Waals surface area contributed by atoms with Crippen LogP contribution in [0.1, 0.15) is 80.5 Å². The number of carbonyl (C=O) groups is 10. The maximum absolute atomic E-state index is 15.0. The summed E-state index contributed by atoms with van der Waals surface area (Å²) >= 11 is 0. The molecule has 0 saturated carbocycles. The number of aliphatic hydroxyl groups is 1. The average Bonchev–Trinajstić information content (AvgIpc) is 4.04. The Morgan fingerprint density at radius 3 is 1.48 bits per heavy atom. The maximum atomic E-state index is 15.0. The molecule has 23 heteroatoms. The van der Waals surface area contributed by atoms with Crippen LogP contribution in [0.4, 0.5) is 0 Å². The summed E-state index contributed by atoms with van der Waals surface area (Å²) in [6.07, 6.45) is -0.00176. The lowest BCUT2D eigenvalue weighted by molar-refractivity contribution is -0.136. The van der Waals surface area contributed by atoms with Crippen molar-refractivity contribution in [3.63, 3.8) is 0 Å². The summed E-state index contributed by atoms with van der Waals surface area (Å²) in [5.41, 5.74) is 14.6. The zero-order valence-electron chi connectivity index (χ0n) is 46.5. The summed E-state index contributed by atoms with van der Waals surface area (Å²) in [6, 6.07) is 23.4. The number of fused-ring (bicyclic) bond motifs is 1. The minimum Gasteiger partial charge on any atom is -0.391 e. The Morgan fingerprint density at radius 2 is 0.952 bits per heavy atom. The molecule has 442 valence electrons. The predicted molar refractivity (Wildman–Crippen MR) is 309 cm³/mol. The molecule has 1 aromatic heterocycles. The van der Waals surface area contributed by atoms with E-state index in [1.807, 2.05) is 18.2 Å². The number of benzene rings is 4. The van der Waals surface area contributed by atoms with Crippen LogP contribution in [0.5, 0.6) is 0 Å². The number of nitrogens with one attached hydrogen (secondary N) is 10. The van der Waals surface area contributed by atoms with Gasteiger partial charge in [0.1, 0.15) is 42.3 Å². The van der Waals surface area contributed by atoms with Crippen LogP contribution in [-0.4, -0.2) is 137 Å². The fraction of sp³-hybridized carbons (Fsp3) is 0.400. The molecule has 2 heterocycles. The van der Waals surface area contributed by atoms with E-state index in [9.17, 15) is 53.1 Å². The number of H-pyrrole nitrogens is 1. The van der Waals surface area contributed by atoms with Crippen LogP contribution < -0.4 is 59.3 Å². The van der Waals surface area contributed by atoms with Gasteiger partial charge in [0, 0.05) is 68.7 Å². The van der Waals surface area contributed by atoms with E-state index in [4.69, 9.17) is 11.5 Å². The van der Waals surface area contributed by atoms with E-state index in [2.05, 4.69) is 52.8 Å². The first kappa shape index (κ1) is 63.2. The quantitative estimate of drug-likeness (QED) is 0.0618. The number of aromatic amines is 1. The molecule has 15 N–H and O–H groups in total. The monoisotopic (exact) mass is 1140 g/mol. The number of para-hydroxylation sites is 1. The molecule has 83 heavy (non-hydrogen) atoms. The highest BCUT2D eigenvalue weighted by molar-refractivity contribution is 5.99. The SMILES string of the molecule is C[C@@H](O)[C@@H]1NC(=O)[C@H](CCCCN)NC(=O)[C@@H](Cc2c[nH]c3ccccc23)NC(=O)[C@H](Cc2ccccc2)NC(=O)[C@H](Cc2ccccc2)NC(=O)[C@H](CC(N)=O)NC(=O)CCCNC(=O)CCCNC(=O)[C@H](Cc2ccccc2)NC1=O. The third kappa shape index (κ3) is 20.5. The second-order valence-corrected chi connectivity index (χ2v) is 20.6. The van der Waals surface area contributed by atoms with Crippen molar-refractivity contribution in [2.75, 3.05) is 19.6 Å². The van der Waals surface area contributed by atoms with E-state index in [-0.39, 0.29) is 83.3 Å². The molecule has 0 unspecified atom stereocenters. The Balaban J connectivity index is 1.37. The number of primary amides is 1. The van der Waals surface area contributed by atoms with Crippen LogP contribution in [0.15, 0.2) is 121 Å². The van der Waals surface area contributed by atoms with Gasteiger partial charge in [0.2, 0.25) is 59.1 Å². The highest BCUT2D eigenvalue weighted by atomic mass is 16.3. The van der Waals surface area contributed by atoms with Crippen molar-refractivity contribution in [3.05, 3.63) is 144 Å². The molecule has 0 aliphatic carbocycles. The first-order valence-electron chi connectivity index (χ1n) is 28.0. The fourth-order valence-corrected chi connectivity index (χ4v) is 9.50. The molecular formula is C60H76N12O11. The third-order valence-corrected chi connectivity index (χ3v) is 14.0. The molecule has 0 spiro atoms. The average molecular weight is 1140 g/mol. The summed E-state index contributed by atoms with van der Waals surface area (Å²) in [5.74, 6) is -7.81. The van der Waals surface area contributed by atoms with Crippen LogP contribution in [-0.2, 0) is 73.6 Å². The molecule has 1 saturated heterocycles. The lowest BCUT2D eigenvalue weighted by Crippen LogP contribution is -2.62. The molecule has 0 radical (unpaired) electrons. The van der Waals surface area contributed by atoms with Gasteiger partial charge in [-0.25, -0.2) is 0 Å². The number of nitrogens with two attached hydrogens (primary N) is 2. The Hall–Kier alpha value is -8.96. The van der Waals surface area contributed by atoms with E-state index in [1.165, 1.54) is 6.92 Å². The minimum absolute atomic E-state index is 0.00107. The molecule has 1 aliphatic heterocycles. The smallest absolute Gasteiger partial charge is 0.245 e. The van der Waals surface area contributed by atoms with Gasteiger partial charge < -0.3 is 69.4 Å². The first-order valence-corrected chi connectivity index (χ1v) is 28.0. The molecule has 1 fully saturated rings. The number of carbonyl (C=O) groups excluding carboxylic acids is 10. The first-order chi connectivity index (χ1) is 40.0. The van der Waals surface area contributed by atoms with Crippen LogP contribution in [0.25, 0.3) is 10.9 Å². The van der Waals surface area contributed by atoms with Gasteiger partial charge in [0.15, 0.2) is 0 Å². The molecule has 10 amide bonds. The van der Waals surface area contributed by atoms with E-state index in [1.54, 1.807) is 103 Å². The van der Waals surface area contributed by atoms with E-state index in [0.717, 1.165) is 10.9 Å². The largest absolute Gasteiger partial charge is 0.391 e. The second kappa shape index (κ2) is 32.5. The van der Waals surface area contributed by atoms with Crippen LogP contribution in [0.3, 0.4) is 0 Å². The number of unbranched alkanes of at least 4 members (excludes halogenated alkanes) is 1. The number of hydrogen-bond donors (Lipinski definition) is 13. The molecular weight excluding hydrogens is 1060 g/mol. The zero-order valence-corrected chi connectivity index (χ0v) is 46.5. The standard InChI is InChI=1S/C60H76N12O11/c1-37(73)53-60(83)71-45(31-38-17-5-2-6-18-38)54(77)64-30-15-26-51(75)63-29-16-27-52(76)66-49(35-50(62)74)59(82)69-46(32-39-19-7-3-8-20-39)56(79)68-47(33-40-21-9-4-10-22-40)57(80)70-48(34-41-36-65-43-24-12-11-23-42(41)43)58(81)67-44(55(78)72-53)25-13-14-28-61/h2-12,17-24,36-37,44-49,53,65,73H,13-16,25-35,61H2,1H3,(H2,62,74)(H,63,75)(H,64,77)(H,66,76)(H,67,81)(H,68,79)(H,69,82)(H,70,80)(H,71,83)(H,72,78)/t37-,44+,45+,46+,47+,48-,49+,53+/m1/s1. The van der Waals surface area contributed by atoms with Gasteiger partial charge in [-0.15, -0.1) is 0 Å². The van der Waals surface area contributed by atoms with Crippen molar-refractivity contribution in [3.8, 4) is 0 Å². The Kier molecular flexibility index (Phi) is 24.7. The lowest BCUT2D eigenvalue weighted by Gasteiger charge is -2.29. The van der Waals surface area contributed by atoms with E-state index in [0.29, 0.717) is 35.1 Å². The lowest BCUT2D eigenvalue weighted by atomic mass is 10.00. The molecule has 1 aliphatic rings. The van der Waals surface area contributed by atoms with Crippen molar-refractivity contribution in [1.29, 1.82) is 0 Å². The summed E-state index contributed by atoms with van der Waals surface area (Å²) < 4.78 is 0.